The molecule has 1 aliphatic rings. The third-order valence-corrected chi connectivity index (χ3v) is 4.47. The average Bonchev–Trinajstić information content (AvgIpc) is 2.85. The van der Waals surface area contributed by atoms with Crippen LogP contribution in [-0.2, 0) is 13.6 Å². The highest BCUT2D eigenvalue weighted by Gasteiger charge is 2.26. The lowest BCUT2D eigenvalue weighted by molar-refractivity contribution is 0.523. The fraction of sp³-hybridized carbons (Fsp3) is 0.750. The maximum Gasteiger partial charge on any atom is 0.0762 e. The molecule has 0 aliphatic heterocycles. The zero-order chi connectivity index (χ0) is 11.4. The SMILES string of the molecule is CCSC1CCCC1NCc1ccn(C)n1. The predicted molar refractivity (Wildman–Crippen MR) is 69.6 cm³/mol. The lowest BCUT2D eigenvalue weighted by Gasteiger charge is -2.19. The first-order chi connectivity index (χ1) is 7.79. The second-order valence-electron chi connectivity index (χ2n) is 4.39. The molecule has 2 atom stereocenters. The van der Waals surface area contributed by atoms with Crippen molar-refractivity contribution in [1.29, 1.82) is 0 Å². The van der Waals surface area contributed by atoms with Crippen molar-refractivity contribution >= 4 is 11.8 Å². The van der Waals surface area contributed by atoms with Gasteiger partial charge in [0, 0.05) is 31.1 Å². The molecule has 1 N–H and O–H groups in total. The van der Waals surface area contributed by atoms with E-state index in [1.54, 1.807) is 0 Å². The second kappa shape index (κ2) is 5.73. The first-order valence-electron chi connectivity index (χ1n) is 6.13. The second-order valence-corrected chi connectivity index (χ2v) is 5.91. The van der Waals surface area contributed by atoms with E-state index in [0.29, 0.717) is 6.04 Å². The zero-order valence-corrected chi connectivity index (χ0v) is 11.0. The Morgan fingerprint density at radius 2 is 2.44 bits per heavy atom. The first-order valence-corrected chi connectivity index (χ1v) is 7.18. The molecular weight excluding hydrogens is 218 g/mol. The van der Waals surface area contributed by atoms with E-state index < -0.39 is 0 Å². The molecule has 0 amide bonds. The van der Waals surface area contributed by atoms with Crippen molar-refractivity contribution in [3.63, 3.8) is 0 Å². The van der Waals surface area contributed by atoms with Gasteiger partial charge in [0.2, 0.25) is 0 Å². The predicted octanol–water partition coefficient (Wildman–Crippen LogP) is 2.18. The summed E-state index contributed by atoms with van der Waals surface area (Å²) < 4.78 is 1.87. The van der Waals surface area contributed by atoms with Gasteiger partial charge in [-0.15, -0.1) is 0 Å². The van der Waals surface area contributed by atoms with Crippen LogP contribution in [0, 0.1) is 0 Å². The summed E-state index contributed by atoms with van der Waals surface area (Å²) in [4.78, 5) is 0. The number of aryl methyl sites for hydroxylation is 1. The molecule has 16 heavy (non-hydrogen) atoms. The molecule has 2 unspecified atom stereocenters. The highest BCUT2D eigenvalue weighted by molar-refractivity contribution is 7.99. The van der Waals surface area contributed by atoms with Crippen molar-refractivity contribution in [2.45, 2.75) is 44.0 Å². The minimum Gasteiger partial charge on any atom is -0.307 e. The molecule has 4 heteroatoms. The summed E-state index contributed by atoms with van der Waals surface area (Å²) in [5.41, 5.74) is 1.15. The highest BCUT2D eigenvalue weighted by Crippen LogP contribution is 2.29. The summed E-state index contributed by atoms with van der Waals surface area (Å²) in [6.45, 7) is 3.16. The molecule has 1 aliphatic carbocycles. The van der Waals surface area contributed by atoms with Crippen molar-refractivity contribution in [3.05, 3.63) is 18.0 Å². The lowest BCUT2D eigenvalue weighted by Crippen LogP contribution is -2.33. The minimum absolute atomic E-state index is 0.687. The molecule has 0 bridgehead atoms. The van der Waals surface area contributed by atoms with Crippen LogP contribution in [0.5, 0.6) is 0 Å². The average molecular weight is 239 g/mol. The van der Waals surface area contributed by atoms with Gasteiger partial charge in [0.1, 0.15) is 0 Å². The molecule has 2 rings (SSSR count). The highest BCUT2D eigenvalue weighted by atomic mass is 32.2. The van der Waals surface area contributed by atoms with Crippen LogP contribution in [0.2, 0.25) is 0 Å². The van der Waals surface area contributed by atoms with Gasteiger partial charge in [-0.1, -0.05) is 13.3 Å². The van der Waals surface area contributed by atoms with Gasteiger partial charge in [-0.2, -0.15) is 16.9 Å². The lowest BCUT2D eigenvalue weighted by atomic mass is 10.2. The van der Waals surface area contributed by atoms with Crippen LogP contribution in [0.25, 0.3) is 0 Å². The molecule has 0 aromatic carbocycles. The maximum atomic E-state index is 4.39. The monoisotopic (exact) mass is 239 g/mol. The van der Waals surface area contributed by atoms with Crippen LogP contribution in [0.3, 0.4) is 0 Å². The fourth-order valence-electron chi connectivity index (χ4n) is 2.37. The molecular formula is C12H21N3S. The van der Waals surface area contributed by atoms with E-state index in [1.165, 1.54) is 25.0 Å². The molecule has 1 heterocycles. The van der Waals surface area contributed by atoms with E-state index in [4.69, 9.17) is 0 Å². The van der Waals surface area contributed by atoms with E-state index in [1.807, 2.05) is 17.9 Å². The fourth-order valence-corrected chi connectivity index (χ4v) is 3.59. The molecule has 90 valence electrons. The maximum absolute atomic E-state index is 4.39. The van der Waals surface area contributed by atoms with Gasteiger partial charge < -0.3 is 5.32 Å². The Labute approximate surface area is 102 Å². The quantitative estimate of drug-likeness (QED) is 0.854. The Morgan fingerprint density at radius 3 is 3.12 bits per heavy atom. The number of aromatic nitrogens is 2. The number of thioether (sulfide) groups is 1. The van der Waals surface area contributed by atoms with E-state index in [0.717, 1.165) is 17.5 Å². The summed E-state index contributed by atoms with van der Waals surface area (Å²) >= 11 is 2.10. The van der Waals surface area contributed by atoms with Gasteiger partial charge in [-0.05, 0) is 24.7 Å². The van der Waals surface area contributed by atoms with Crippen molar-refractivity contribution in [1.82, 2.24) is 15.1 Å². The number of hydrogen-bond donors (Lipinski definition) is 1. The summed E-state index contributed by atoms with van der Waals surface area (Å²) in [6, 6.07) is 2.77. The molecule has 3 nitrogen and oxygen atoms in total. The first kappa shape index (κ1) is 12.0. The Hall–Kier alpha value is -0.480. The number of hydrogen-bond acceptors (Lipinski definition) is 3. The van der Waals surface area contributed by atoms with Crippen LogP contribution in [0.1, 0.15) is 31.9 Å². The number of nitrogens with one attached hydrogen (secondary N) is 1. The van der Waals surface area contributed by atoms with Gasteiger partial charge in [0.25, 0.3) is 0 Å². The smallest absolute Gasteiger partial charge is 0.0762 e. The van der Waals surface area contributed by atoms with Gasteiger partial charge in [0.15, 0.2) is 0 Å². The molecule has 0 spiro atoms. The summed E-state index contributed by atoms with van der Waals surface area (Å²) in [7, 11) is 1.97. The summed E-state index contributed by atoms with van der Waals surface area (Å²) in [6.07, 6.45) is 6.07. The Balaban J connectivity index is 1.80. The third-order valence-electron chi connectivity index (χ3n) is 3.15. The third kappa shape index (κ3) is 3.01. The van der Waals surface area contributed by atoms with Crippen LogP contribution in [0.4, 0.5) is 0 Å². The normalized spacial score (nSPS) is 25.1. The van der Waals surface area contributed by atoms with Gasteiger partial charge in [0.05, 0.1) is 5.69 Å². The molecule has 1 fully saturated rings. The van der Waals surface area contributed by atoms with Crippen LogP contribution in [-0.4, -0.2) is 26.8 Å². The van der Waals surface area contributed by atoms with Crippen LogP contribution < -0.4 is 5.32 Å². The molecule has 0 radical (unpaired) electrons. The number of nitrogens with zero attached hydrogens (tertiary/aromatic N) is 2. The van der Waals surface area contributed by atoms with Gasteiger partial charge in [-0.3, -0.25) is 4.68 Å². The summed E-state index contributed by atoms with van der Waals surface area (Å²) in [5.74, 6) is 1.23. The van der Waals surface area contributed by atoms with Crippen molar-refractivity contribution in [3.8, 4) is 0 Å². The van der Waals surface area contributed by atoms with Gasteiger partial charge in [-0.25, -0.2) is 0 Å². The topological polar surface area (TPSA) is 29.9 Å². The van der Waals surface area contributed by atoms with Crippen molar-refractivity contribution < 1.29 is 0 Å². The molecule has 0 saturated heterocycles. The molecule has 1 saturated carbocycles. The Bertz CT molecular complexity index is 324. The van der Waals surface area contributed by atoms with Crippen LogP contribution in [0.15, 0.2) is 12.3 Å². The van der Waals surface area contributed by atoms with E-state index in [2.05, 4.69) is 35.2 Å². The van der Waals surface area contributed by atoms with E-state index in [9.17, 15) is 0 Å². The van der Waals surface area contributed by atoms with Gasteiger partial charge >= 0.3 is 0 Å². The van der Waals surface area contributed by atoms with Crippen LogP contribution >= 0.6 is 11.8 Å². The minimum atomic E-state index is 0.687. The number of rotatable bonds is 5. The van der Waals surface area contributed by atoms with E-state index in [-0.39, 0.29) is 0 Å². The Morgan fingerprint density at radius 1 is 1.56 bits per heavy atom. The van der Waals surface area contributed by atoms with Crippen molar-refractivity contribution in [2.75, 3.05) is 5.75 Å². The van der Waals surface area contributed by atoms with Crippen molar-refractivity contribution in [2.24, 2.45) is 7.05 Å². The van der Waals surface area contributed by atoms with E-state index >= 15 is 0 Å². The zero-order valence-electron chi connectivity index (χ0n) is 10.1. The largest absolute Gasteiger partial charge is 0.307 e. The molecule has 1 aromatic rings. The summed E-state index contributed by atoms with van der Waals surface area (Å²) in [5, 5.41) is 8.85. The molecule has 1 aromatic heterocycles. The Kier molecular flexibility index (Phi) is 4.29. The standard InChI is InChI=1S/C12H21N3S/c1-3-16-12-6-4-5-11(12)13-9-10-7-8-15(2)14-10/h7-8,11-13H,3-6,9H2,1-2H3.